The maximum atomic E-state index is 11.7. The smallest absolute Gasteiger partial charge is 0.358 e. The molecule has 1 N–H and O–H groups in total. The first-order valence-corrected chi connectivity index (χ1v) is 9.13. The van der Waals surface area contributed by atoms with E-state index in [9.17, 15) is 9.90 Å². The first-order chi connectivity index (χ1) is 11.4. The van der Waals surface area contributed by atoms with E-state index in [1.165, 1.54) is 18.1 Å². The van der Waals surface area contributed by atoms with Crippen LogP contribution in [0.4, 0.5) is 0 Å². The lowest BCUT2D eigenvalue weighted by molar-refractivity contribution is 0.0519. The van der Waals surface area contributed by atoms with Gasteiger partial charge in [0.05, 0.1) is 35.1 Å². The van der Waals surface area contributed by atoms with Gasteiger partial charge in [0.25, 0.3) is 0 Å². The summed E-state index contributed by atoms with van der Waals surface area (Å²) in [6.45, 7) is 3.71. The van der Waals surface area contributed by atoms with Crippen LogP contribution in [0.1, 0.15) is 30.4 Å². The maximum absolute atomic E-state index is 11.7. The van der Waals surface area contributed by atoms with Gasteiger partial charge in [-0.25, -0.2) is 9.78 Å². The molecule has 24 heavy (non-hydrogen) atoms. The average molecular weight is 389 g/mol. The first-order valence-electron chi connectivity index (χ1n) is 7.39. The topological polar surface area (TPSA) is 64.3 Å². The maximum Gasteiger partial charge on any atom is 0.358 e. The number of rotatable bonds is 7. The summed E-state index contributed by atoms with van der Waals surface area (Å²) in [5.74, 6) is 0.0576. The molecule has 0 saturated carbocycles. The number of nitrogens with zero attached hydrogens (tertiary/aromatic N) is 2. The lowest BCUT2D eigenvalue weighted by Gasteiger charge is -2.21. The van der Waals surface area contributed by atoms with E-state index in [-0.39, 0.29) is 18.3 Å². The van der Waals surface area contributed by atoms with Crippen molar-refractivity contribution >= 4 is 40.9 Å². The van der Waals surface area contributed by atoms with Crippen molar-refractivity contribution in [2.75, 3.05) is 12.4 Å². The average Bonchev–Trinajstić information content (AvgIpc) is 3.01. The molecule has 2 rings (SSSR count). The number of esters is 1. The molecule has 2 aromatic rings. The van der Waals surface area contributed by atoms with Crippen LogP contribution in [-0.4, -0.2) is 39.1 Å². The molecule has 130 valence electrons. The van der Waals surface area contributed by atoms with Gasteiger partial charge in [0.15, 0.2) is 5.69 Å². The molecule has 1 aromatic carbocycles. The number of aliphatic hydroxyl groups is 1. The summed E-state index contributed by atoms with van der Waals surface area (Å²) in [4.78, 5) is 16.6. The first kappa shape index (κ1) is 19.1. The Hall–Kier alpha value is -1.21. The quantitative estimate of drug-likeness (QED) is 0.571. The Labute approximate surface area is 154 Å². The summed E-state index contributed by atoms with van der Waals surface area (Å²) in [6, 6.07) is 5.14. The summed E-state index contributed by atoms with van der Waals surface area (Å²) in [5.41, 5.74) is 0.216. The predicted octanol–water partition coefficient (Wildman–Crippen LogP) is 4.08. The van der Waals surface area contributed by atoms with Crippen LogP contribution in [0.3, 0.4) is 0 Å². The van der Waals surface area contributed by atoms with Crippen molar-refractivity contribution in [1.29, 1.82) is 0 Å². The number of carbonyl (C=O) groups is 1. The van der Waals surface area contributed by atoms with Crippen LogP contribution < -0.4 is 0 Å². The zero-order chi connectivity index (χ0) is 17.7. The number of aliphatic hydroxyl groups excluding tert-OH is 1. The van der Waals surface area contributed by atoms with Crippen LogP contribution >= 0.6 is 35.0 Å². The second-order valence-electron chi connectivity index (χ2n) is 5.10. The fourth-order valence-electron chi connectivity index (χ4n) is 2.07. The molecule has 0 radical (unpaired) electrons. The highest BCUT2D eigenvalue weighted by Crippen LogP contribution is 2.34. The fourth-order valence-corrected chi connectivity index (χ4v) is 3.81. The minimum absolute atomic E-state index is 0.216. The Balaban J connectivity index is 2.12. The molecule has 0 aliphatic heterocycles. The normalized spacial score (nSPS) is 13.5. The van der Waals surface area contributed by atoms with Gasteiger partial charge in [-0.2, -0.15) is 0 Å². The van der Waals surface area contributed by atoms with Gasteiger partial charge in [-0.3, -0.25) is 0 Å². The van der Waals surface area contributed by atoms with Gasteiger partial charge in [-0.05, 0) is 26.0 Å². The zero-order valence-corrected chi connectivity index (χ0v) is 15.6. The van der Waals surface area contributed by atoms with Crippen LogP contribution in [-0.2, 0) is 4.74 Å². The molecule has 2 atom stereocenters. The largest absolute Gasteiger partial charge is 0.461 e. The van der Waals surface area contributed by atoms with Gasteiger partial charge in [0, 0.05) is 16.8 Å². The molecule has 0 spiro atoms. The van der Waals surface area contributed by atoms with Crippen LogP contribution in [0.5, 0.6) is 0 Å². The summed E-state index contributed by atoms with van der Waals surface area (Å²) < 4.78 is 6.64. The minimum Gasteiger partial charge on any atom is -0.461 e. The van der Waals surface area contributed by atoms with Crippen LogP contribution in [0.2, 0.25) is 10.0 Å². The van der Waals surface area contributed by atoms with Crippen LogP contribution in [0, 0.1) is 0 Å². The van der Waals surface area contributed by atoms with Crippen LogP contribution in [0.15, 0.2) is 35.6 Å². The van der Waals surface area contributed by atoms with E-state index in [1.807, 2.05) is 12.1 Å². The van der Waals surface area contributed by atoms with Gasteiger partial charge in [0.1, 0.15) is 0 Å². The number of hydrogen-bond acceptors (Lipinski definition) is 5. The molecule has 0 unspecified atom stereocenters. The molecule has 0 aliphatic carbocycles. The highest BCUT2D eigenvalue weighted by molar-refractivity contribution is 7.99. The van der Waals surface area contributed by atoms with Crippen LogP contribution in [0.25, 0.3) is 0 Å². The number of carbonyl (C=O) groups excluding carboxylic acids is 1. The van der Waals surface area contributed by atoms with Gasteiger partial charge < -0.3 is 14.4 Å². The molecule has 1 aromatic heterocycles. The minimum atomic E-state index is -0.639. The second kappa shape index (κ2) is 8.76. The number of imidazole rings is 1. The second-order valence-corrected chi connectivity index (χ2v) is 6.94. The van der Waals surface area contributed by atoms with Crippen molar-refractivity contribution in [3.8, 4) is 0 Å². The summed E-state index contributed by atoms with van der Waals surface area (Å²) >= 11 is 13.7. The molecule has 8 heteroatoms. The van der Waals surface area contributed by atoms with Crippen molar-refractivity contribution in [2.24, 2.45) is 0 Å². The molecule has 0 amide bonds. The highest BCUT2D eigenvalue weighted by Gasteiger charge is 2.20. The van der Waals surface area contributed by atoms with E-state index in [2.05, 4.69) is 4.98 Å². The molecule has 0 bridgehead atoms. The molecular weight excluding hydrogens is 371 g/mol. The van der Waals surface area contributed by atoms with Crippen molar-refractivity contribution in [2.45, 2.75) is 30.9 Å². The third-order valence-corrected chi connectivity index (χ3v) is 5.44. The monoisotopic (exact) mass is 388 g/mol. The Morgan fingerprint density at radius 2 is 2.21 bits per heavy atom. The Morgan fingerprint density at radius 3 is 2.88 bits per heavy atom. The number of ether oxygens (including phenoxy) is 1. The van der Waals surface area contributed by atoms with Gasteiger partial charge in [-0.1, -0.05) is 29.3 Å². The van der Waals surface area contributed by atoms with E-state index in [0.717, 1.165) is 4.90 Å². The summed E-state index contributed by atoms with van der Waals surface area (Å²) in [5, 5.41) is 11.1. The number of halogens is 2. The molecule has 0 fully saturated rings. The van der Waals surface area contributed by atoms with Gasteiger partial charge in [-0.15, -0.1) is 11.8 Å². The van der Waals surface area contributed by atoms with E-state index in [4.69, 9.17) is 27.9 Å². The van der Waals surface area contributed by atoms with Gasteiger partial charge in [0.2, 0.25) is 0 Å². The lowest BCUT2D eigenvalue weighted by Crippen LogP contribution is -2.22. The van der Waals surface area contributed by atoms with Crippen molar-refractivity contribution in [3.05, 3.63) is 46.5 Å². The third kappa shape index (κ3) is 4.66. The van der Waals surface area contributed by atoms with E-state index in [0.29, 0.717) is 15.8 Å². The Kier molecular flexibility index (Phi) is 6.98. The van der Waals surface area contributed by atoms with Crippen molar-refractivity contribution in [3.63, 3.8) is 0 Å². The number of thioether (sulfide) groups is 1. The molecule has 0 saturated heterocycles. The Morgan fingerprint density at radius 1 is 1.46 bits per heavy atom. The third-order valence-electron chi connectivity index (χ3n) is 3.35. The highest BCUT2D eigenvalue weighted by atomic mass is 35.5. The molecule has 5 nitrogen and oxygen atoms in total. The summed E-state index contributed by atoms with van der Waals surface area (Å²) in [7, 11) is 0. The molecule has 0 aliphatic rings. The van der Waals surface area contributed by atoms with Gasteiger partial charge >= 0.3 is 5.97 Å². The predicted molar refractivity (Wildman–Crippen MR) is 96.1 cm³/mol. The zero-order valence-electron chi connectivity index (χ0n) is 13.3. The van der Waals surface area contributed by atoms with E-state index < -0.39 is 12.1 Å². The van der Waals surface area contributed by atoms with Crippen molar-refractivity contribution < 1.29 is 14.6 Å². The molecule has 1 heterocycles. The Bertz CT molecular complexity index is 706. The standard InChI is InChI=1S/C16H18Cl2N2O3S/c1-3-23-16(22)12-7-20(9-19-12)13(10(2)21)8-24-14-6-4-5-11(17)15(14)18/h4-7,9-10,13,21H,3,8H2,1-2H3/t10-,13-/m0/s1. The van der Waals surface area contributed by atoms with Crippen molar-refractivity contribution in [1.82, 2.24) is 9.55 Å². The fraction of sp³-hybridized carbons (Fsp3) is 0.375. The number of benzene rings is 1. The van der Waals surface area contributed by atoms with E-state index in [1.54, 1.807) is 30.7 Å². The SMILES string of the molecule is CCOC(=O)c1cn([C@@H](CSc2cccc(Cl)c2Cl)[C@H](C)O)cn1. The van der Waals surface area contributed by atoms with E-state index >= 15 is 0 Å². The summed E-state index contributed by atoms with van der Waals surface area (Å²) in [6.07, 6.45) is 2.46. The number of hydrogen-bond donors (Lipinski definition) is 1. The number of aromatic nitrogens is 2. The lowest BCUT2D eigenvalue weighted by atomic mass is 10.2. The molecular formula is C16H18Cl2N2O3S.